The van der Waals surface area contributed by atoms with Crippen LogP contribution in [0, 0.1) is 6.92 Å². The van der Waals surface area contributed by atoms with E-state index in [9.17, 15) is 4.79 Å². The molecule has 1 fully saturated rings. The molecule has 0 N–H and O–H groups in total. The van der Waals surface area contributed by atoms with E-state index in [4.69, 9.17) is 11.6 Å². The largest absolute Gasteiger partial charge is 0.368 e. The van der Waals surface area contributed by atoms with Crippen LogP contribution in [0.1, 0.15) is 10.4 Å². The van der Waals surface area contributed by atoms with E-state index >= 15 is 0 Å². The molecule has 0 radical (unpaired) electrons. The molecule has 4 rings (SSSR count). The summed E-state index contributed by atoms with van der Waals surface area (Å²) in [7, 11) is 0. The van der Waals surface area contributed by atoms with Crippen LogP contribution >= 0.6 is 34.7 Å². The molecule has 7 heteroatoms. The molecule has 0 aliphatic carbocycles. The predicted molar refractivity (Wildman–Crippen MR) is 112 cm³/mol. The van der Waals surface area contributed by atoms with Crippen LogP contribution in [0.3, 0.4) is 0 Å². The maximum atomic E-state index is 12.2. The molecule has 4 nitrogen and oxygen atoms in total. The van der Waals surface area contributed by atoms with Gasteiger partial charge < -0.3 is 9.80 Å². The molecule has 0 unspecified atom stereocenters. The van der Waals surface area contributed by atoms with Crippen molar-refractivity contribution >= 4 is 57.5 Å². The molecule has 0 spiro atoms. The fraction of sp³-hybridized carbons (Fsp3) is 0.263. The van der Waals surface area contributed by atoms with Crippen molar-refractivity contribution in [2.75, 3.05) is 31.1 Å². The topological polar surface area (TPSA) is 35.9 Å². The van der Waals surface area contributed by atoms with Gasteiger partial charge in [-0.15, -0.1) is 11.3 Å². The normalized spacial score (nSPS) is 19.4. The minimum atomic E-state index is -0.133. The van der Waals surface area contributed by atoms with Crippen LogP contribution in [-0.2, 0) is 4.79 Å². The Morgan fingerprint density at radius 1 is 1.15 bits per heavy atom. The third kappa shape index (κ3) is 3.68. The summed E-state index contributed by atoms with van der Waals surface area (Å²) in [5.74, 6) is -0.133. The predicted octanol–water partition coefficient (Wildman–Crippen LogP) is 4.50. The summed E-state index contributed by atoms with van der Waals surface area (Å²) in [5, 5.41) is 3.63. The molecular weight excluding hydrogens is 386 g/mol. The molecule has 134 valence electrons. The Kier molecular flexibility index (Phi) is 5.07. The van der Waals surface area contributed by atoms with Crippen LogP contribution in [0.2, 0.25) is 5.02 Å². The number of carbonyl (C=O) groups excluding carboxylic acids is 1. The van der Waals surface area contributed by atoms with Gasteiger partial charge in [0, 0.05) is 41.8 Å². The Labute approximate surface area is 166 Å². The number of halogens is 1. The number of thiophene rings is 1. The smallest absolute Gasteiger partial charge is 0.286 e. The molecule has 2 aromatic rings. The highest BCUT2D eigenvalue weighted by Crippen LogP contribution is 2.32. The second-order valence-electron chi connectivity index (χ2n) is 6.23. The van der Waals surface area contributed by atoms with E-state index in [-0.39, 0.29) is 5.91 Å². The highest BCUT2D eigenvalue weighted by molar-refractivity contribution is 8.18. The number of rotatable bonds is 2. The molecule has 1 aromatic heterocycles. The van der Waals surface area contributed by atoms with Crippen LogP contribution < -0.4 is 4.90 Å². The molecule has 1 amide bonds. The van der Waals surface area contributed by atoms with Gasteiger partial charge in [0.2, 0.25) is 0 Å². The molecule has 2 aliphatic heterocycles. The van der Waals surface area contributed by atoms with Gasteiger partial charge in [0.05, 0.1) is 4.91 Å². The second-order valence-corrected chi connectivity index (χ2v) is 8.63. The number of amides is 1. The van der Waals surface area contributed by atoms with E-state index in [0.717, 1.165) is 52.5 Å². The zero-order chi connectivity index (χ0) is 18.1. The van der Waals surface area contributed by atoms with Gasteiger partial charge in [-0.05, 0) is 53.9 Å². The van der Waals surface area contributed by atoms with Crippen molar-refractivity contribution in [3.05, 3.63) is 56.1 Å². The first-order valence-electron chi connectivity index (χ1n) is 8.42. The van der Waals surface area contributed by atoms with Crippen molar-refractivity contribution in [3.63, 3.8) is 0 Å². The van der Waals surface area contributed by atoms with Crippen molar-refractivity contribution in [2.45, 2.75) is 6.92 Å². The van der Waals surface area contributed by atoms with Gasteiger partial charge in [-0.25, -0.2) is 0 Å². The number of piperazine rings is 1. The molecule has 2 aliphatic rings. The molecular formula is C19H18ClN3OS2. The highest BCUT2D eigenvalue weighted by atomic mass is 35.5. The van der Waals surface area contributed by atoms with Gasteiger partial charge in [0.15, 0.2) is 5.17 Å². The minimum Gasteiger partial charge on any atom is -0.368 e. The van der Waals surface area contributed by atoms with Gasteiger partial charge in [-0.1, -0.05) is 23.7 Å². The average Bonchev–Trinajstić information content (AvgIpc) is 3.28. The maximum absolute atomic E-state index is 12.2. The number of amidine groups is 1. The van der Waals surface area contributed by atoms with E-state index < -0.39 is 0 Å². The summed E-state index contributed by atoms with van der Waals surface area (Å²) in [6.07, 6.45) is 1.93. The number of anilines is 1. The lowest BCUT2D eigenvalue weighted by atomic mass is 10.2. The Balaban J connectivity index is 1.40. The lowest BCUT2D eigenvalue weighted by molar-refractivity contribution is -0.113. The summed E-state index contributed by atoms with van der Waals surface area (Å²) in [4.78, 5) is 22.8. The monoisotopic (exact) mass is 403 g/mol. The highest BCUT2D eigenvalue weighted by Gasteiger charge is 2.28. The molecule has 26 heavy (non-hydrogen) atoms. The van der Waals surface area contributed by atoms with Crippen LogP contribution in [0.15, 0.2) is 45.6 Å². The first-order valence-corrected chi connectivity index (χ1v) is 10.5. The molecule has 3 heterocycles. The quantitative estimate of drug-likeness (QED) is 0.691. The third-order valence-corrected chi connectivity index (χ3v) is 6.77. The number of aliphatic imine (C=N–C) groups is 1. The number of benzene rings is 1. The molecule has 0 saturated carbocycles. The lowest BCUT2D eigenvalue weighted by Gasteiger charge is -2.36. The average molecular weight is 404 g/mol. The van der Waals surface area contributed by atoms with E-state index in [1.54, 1.807) is 11.3 Å². The van der Waals surface area contributed by atoms with Crippen molar-refractivity contribution in [1.29, 1.82) is 0 Å². The Morgan fingerprint density at radius 2 is 1.92 bits per heavy atom. The van der Waals surface area contributed by atoms with E-state index in [1.807, 2.05) is 36.6 Å². The number of hydrogen-bond donors (Lipinski definition) is 0. The van der Waals surface area contributed by atoms with Gasteiger partial charge in [-0.3, -0.25) is 4.79 Å². The van der Waals surface area contributed by atoms with Crippen LogP contribution in [0.25, 0.3) is 6.08 Å². The SMILES string of the molecule is Cc1ccc(N2CCN(C3=NC(=O)/C(=C/c4cccs4)S3)CC2)cc1Cl. The second kappa shape index (κ2) is 7.47. The summed E-state index contributed by atoms with van der Waals surface area (Å²) in [6.45, 7) is 5.47. The van der Waals surface area contributed by atoms with Crippen LogP contribution in [-0.4, -0.2) is 42.2 Å². The van der Waals surface area contributed by atoms with Gasteiger partial charge in [-0.2, -0.15) is 4.99 Å². The van der Waals surface area contributed by atoms with E-state index in [0.29, 0.717) is 4.91 Å². The Hall–Kier alpha value is -1.76. The van der Waals surface area contributed by atoms with E-state index in [2.05, 4.69) is 26.9 Å². The van der Waals surface area contributed by atoms with Crippen molar-refractivity contribution in [3.8, 4) is 0 Å². The van der Waals surface area contributed by atoms with Gasteiger partial charge >= 0.3 is 0 Å². The van der Waals surface area contributed by atoms with Crippen molar-refractivity contribution in [2.24, 2.45) is 4.99 Å². The zero-order valence-corrected chi connectivity index (χ0v) is 16.7. The van der Waals surface area contributed by atoms with Gasteiger partial charge in [0.1, 0.15) is 0 Å². The summed E-state index contributed by atoms with van der Waals surface area (Å²) >= 11 is 9.36. The number of thioether (sulfide) groups is 1. The van der Waals surface area contributed by atoms with Gasteiger partial charge in [0.25, 0.3) is 5.91 Å². The number of carbonyl (C=O) groups is 1. The third-order valence-electron chi connectivity index (χ3n) is 4.50. The van der Waals surface area contributed by atoms with Crippen LogP contribution in [0.4, 0.5) is 5.69 Å². The summed E-state index contributed by atoms with van der Waals surface area (Å²) < 4.78 is 0. The zero-order valence-electron chi connectivity index (χ0n) is 14.3. The number of aryl methyl sites for hydroxylation is 1. The molecule has 1 aromatic carbocycles. The fourth-order valence-corrected chi connectivity index (χ4v) is 4.83. The standard InChI is InChI=1S/C19H18ClN3OS2/c1-13-4-5-14(11-16(13)20)22-6-8-23(9-7-22)19-21-18(24)17(26-19)12-15-3-2-10-25-15/h2-5,10-12H,6-9H2,1H3/b17-12-. The summed E-state index contributed by atoms with van der Waals surface area (Å²) in [6, 6.07) is 10.2. The molecule has 1 saturated heterocycles. The molecule has 0 atom stereocenters. The van der Waals surface area contributed by atoms with E-state index in [1.165, 1.54) is 11.8 Å². The first-order chi connectivity index (χ1) is 12.6. The Bertz CT molecular complexity index is 884. The lowest BCUT2D eigenvalue weighted by Crippen LogP contribution is -2.47. The first kappa shape index (κ1) is 17.6. The van der Waals surface area contributed by atoms with Crippen molar-refractivity contribution in [1.82, 2.24) is 4.90 Å². The Morgan fingerprint density at radius 3 is 2.62 bits per heavy atom. The number of hydrogen-bond acceptors (Lipinski definition) is 5. The van der Waals surface area contributed by atoms with Crippen LogP contribution in [0.5, 0.6) is 0 Å². The molecule has 0 bridgehead atoms. The maximum Gasteiger partial charge on any atom is 0.286 e. The fourth-order valence-electron chi connectivity index (χ4n) is 2.97. The minimum absolute atomic E-state index is 0.133. The summed E-state index contributed by atoms with van der Waals surface area (Å²) in [5.41, 5.74) is 2.24. The van der Waals surface area contributed by atoms with Crippen molar-refractivity contribution < 1.29 is 4.79 Å². The number of nitrogens with zero attached hydrogens (tertiary/aromatic N) is 3.